The molecule has 1 atom stereocenters. The van der Waals surface area contributed by atoms with Crippen LogP contribution < -0.4 is 5.32 Å². The number of aliphatic hydroxyl groups is 1. The number of rotatable bonds is 7. The Bertz CT molecular complexity index is 139. The third-order valence-corrected chi connectivity index (χ3v) is 1.93. The van der Waals surface area contributed by atoms with Crippen LogP contribution in [0.1, 0.15) is 26.2 Å². The van der Waals surface area contributed by atoms with E-state index in [4.69, 9.17) is 5.11 Å². The lowest BCUT2D eigenvalue weighted by Crippen LogP contribution is -2.24. The lowest BCUT2D eigenvalue weighted by Gasteiger charge is -2.11. The van der Waals surface area contributed by atoms with E-state index in [1.807, 2.05) is 6.92 Å². The Balaban J connectivity index is 3.21. The molecule has 0 radical (unpaired) electrons. The minimum Gasteiger partial charge on any atom is -0.396 e. The van der Waals surface area contributed by atoms with E-state index in [2.05, 4.69) is 5.32 Å². The highest BCUT2D eigenvalue weighted by Gasteiger charge is 2.25. The van der Waals surface area contributed by atoms with Gasteiger partial charge in [0, 0.05) is 13.0 Å². The Kier molecular flexibility index (Phi) is 6.92. The second kappa shape index (κ2) is 7.06. The summed E-state index contributed by atoms with van der Waals surface area (Å²) in [5.41, 5.74) is 0. The van der Waals surface area contributed by atoms with Gasteiger partial charge in [0.25, 0.3) is 0 Å². The third-order valence-electron chi connectivity index (χ3n) is 1.93. The van der Waals surface area contributed by atoms with E-state index in [-0.39, 0.29) is 13.0 Å². The predicted octanol–water partition coefficient (Wildman–Crippen LogP) is 1.94. The molecule has 1 unspecified atom stereocenters. The van der Waals surface area contributed by atoms with Crippen LogP contribution >= 0.6 is 0 Å². The smallest absolute Gasteiger partial charge is 0.389 e. The van der Waals surface area contributed by atoms with Gasteiger partial charge in [-0.1, -0.05) is 6.92 Å². The van der Waals surface area contributed by atoms with E-state index in [1.165, 1.54) is 0 Å². The summed E-state index contributed by atoms with van der Waals surface area (Å²) in [7, 11) is 0. The van der Waals surface area contributed by atoms with Crippen molar-refractivity contribution in [1.82, 2.24) is 5.32 Å². The van der Waals surface area contributed by atoms with Crippen LogP contribution in [0.5, 0.6) is 0 Å². The highest BCUT2D eigenvalue weighted by molar-refractivity contribution is 4.58. The maximum absolute atomic E-state index is 11.7. The van der Waals surface area contributed by atoms with Crippen molar-refractivity contribution >= 4 is 0 Å². The summed E-state index contributed by atoms with van der Waals surface area (Å²) in [6.07, 6.45) is -3.96. The molecule has 0 saturated carbocycles. The molecule has 5 heteroatoms. The van der Waals surface area contributed by atoms with E-state index in [9.17, 15) is 13.2 Å². The van der Waals surface area contributed by atoms with Crippen molar-refractivity contribution < 1.29 is 18.3 Å². The molecular formula is C9H18F3NO. The Labute approximate surface area is 82.5 Å². The van der Waals surface area contributed by atoms with Gasteiger partial charge in [-0.15, -0.1) is 0 Å². The molecule has 0 amide bonds. The van der Waals surface area contributed by atoms with Crippen LogP contribution in [0.15, 0.2) is 0 Å². The van der Waals surface area contributed by atoms with Crippen molar-refractivity contribution in [2.75, 3.05) is 19.7 Å². The van der Waals surface area contributed by atoms with Crippen LogP contribution in [-0.2, 0) is 0 Å². The first-order valence-corrected chi connectivity index (χ1v) is 4.84. The van der Waals surface area contributed by atoms with Gasteiger partial charge < -0.3 is 10.4 Å². The van der Waals surface area contributed by atoms with Crippen LogP contribution in [-0.4, -0.2) is 31.0 Å². The SMILES string of the molecule is CC(CCO)CNCCCC(F)(F)F. The number of hydrogen-bond donors (Lipinski definition) is 2. The molecule has 0 aliphatic carbocycles. The van der Waals surface area contributed by atoms with Gasteiger partial charge in [0.2, 0.25) is 0 Å². The van der Waals surface area contributed by atoms with Crippen molar-refractivity contribution in [2.24, 2.45) is 5.92 Å². The third kappa shape index (κ3) is 9.80. The minimum absolute atomic E-state index is 0.120. The fourth-order valence-corrected chi connectivity index (χ4v) is 1.08. The minimum atomic E-state index is -4.04. The molecule has 0 heterocycles. The summed E-state index contributed by atoms with van der Waals surface area (Å²) in [6.45, 7) is 3.13. The van der Waals surface area contributed by atoms with Crippen molar-refractivity contribution in [2.45, 2.75) is 32.4 Å². The summed E-state index contributed by atoms with van der Waals surface area (Å²) in [4.78, 5) is 0. The standard InChI is InChI=1S/C9H18F3NO/c1-8(3-6-14)7-13-5-2-4-9(10,11)12/h8,13-14H,2-7H2,1H3. The summed E-state index contributed by atoms with van der Waals surface area (Å²) < 4.78 is 35.1. The van der Waals surface area contributed by atoms with E-state index in [0.29, 0.717) is 25.4 Å². The Hall–Kier alpha value is -0.290. The van der Waals surface area contributed by atoms with Gasteiger partial charge in [-0.05, 0) is 31.8 Å². The lowest BCUT2D eigenvalue weighted by atomic mass is 10.1. The van der Waals surface area contributed by atoms with Crippen LogP contribution in [0.2, 0.25) is 0 Å². The molecular weight excluding hydrogens is 195 g/mol. The first-order chi connectivity index (χ1) is 6.45. The number of nitrogens with one attached hydrogen (secondary N) is 1. The molecule has 0 bridgehead atoms. The average Bonchev–Trinajstić information content (AvgIpc) is 2.02. The Morgan fingerprint density at radius 3 is 2.50 bits per heavy atom. The van der Waals surface area contributed by atoms with E-state index in [1.54, 1.807) is 0 Å². The topological polar surface area (TPSA) is 32.3 Å². The molecule has 2 N–H and O–H groups in total. The van der Waals surface area contributed by atoms with Gasteiger partial charge >= 0.3 is 6.18 Å². The molecule has 86 valence electrons. The van der Waals surface area contributed by atoms with Crippen LogP contribution in [0, 0.1) is 5.92 Å². The molecule has 0 aromatic carbocycles. The molecule has 2 nitrogen and oxygen atoms in total. The van der Waals surface area contributed by atoms with Gasteiger partial charge in [0.15, 0.2) is 0 Å². The molecule has 0 saturated heterocycles. The second-order valence-electron chi connectivity index (χ2n) is 3.54. The van der Waals surface area contributed by atoms with Gasteiger partial charge in [-0.2, -0.15) is 13.2 Å². The zero-order chi connectivity index (χ0) is 11.0. The van der Waals surface area contributed by atoms with Crippen LogP contribution in [0.25, 0.3) is 0 Å². The second-order valence-corrected chi connectivity index (χ2v) is 3.54. The largest absolute Gasteiger partial charge is 0.396 e. The van der Waals surface area contributed by atoms with E-state index in [0.717, 1.165) is 0 Å². The summed E-state index contributed by atoms with van der Waals surface area (Å²) in [5, 5.41) is 11.5. The molecule has 0 aromatic rings. The summed E-state index contributed by atoms with van der Waals surface area (Å²) >= 11 is 0. The molecule has 14 heavy (non-hydrogen) atoms. The first kappa shape index (κ1) is 13.7. The van der Waals surface area contributed by atoms with Crippen molar-refractivity contribution in [3.8, 4) is 0 Å². The van der Waals surface area contributed by atoms with Crippen molar-refractivity contribution in [1.29, 1.82) is 0 Å². The molecule has 0 aromatic heterocycles. The normalized spacial score (nSPS) is 14.4. The van der Waals surface area contributed by atoms with Gasteiger partial charge in [-0.25, -0.2) is 0 Å². The average molecular weight is 213 g/mol. The van der Waals surface area contributed by atoms with Crippen LogP contribution in [0.4, 0.5) is 13.2 Å². The summed E-state index contributed by atoms with van der Waals surface area (Å²) in [6, 6.07) is 0. The van der Waals surface area contributed by atoms with Gasteiger partial charge in [-0.3, -0.25) is 0 Å². The molecule has 0 aliphatic heterocycles. The van der Waals surface area contributed by atoms with Crippen LogP contribution in [0.3, 0.4) is 0 Å². The fraction of sp³-hybridized carbons (Fsp3) is 1.00. The van der Waals surface area contributed by atoms with Gasteiger partial charge in [0.05, 0.1) is 0 Å². The Morgan fingerprint density at radius 1 is 1.36 bits per heavy atom. The molecule has 0 aliphatic rings. The molecule has 0 spiro atoms. The van der Waals surface area contributed by atoms with E-state index >= 15 is 0 Å². The molecule has 0 fully saturated rings. The van der Waals surface area contributed by atoms with E-state index < -0.39 is 12.6 Å². The van der Waals surface area contributed by atoms with Gasteiger partial charge in [0.1, 0.15) is 0 Å². The maximum atomic E-state index is 11.7. The quantitative estimate of drug-likeness (QED) is 0.633. The number of alkyl halides is 3. The van der Waals surface area contributed by atoms with Crippen molar-refractivity contribution in [3.63, 3.8) is 0 Å². The molecule has 0 rings (SSSR count). The van der Waals surface area contributed by atoms with Crippen molar-refractivity contribution in [3.05, 3.63) is 0 Å². The monoisotopic (exact) mass is 213 g/mol. The zero-order valence-corrected chi connectivity index (χ0v) is 8.40. The lowest BCUT2D eigenvalue weighted by molar-refractivity contribution is -0.135. The summed E-state index contributed by atoms with van der Waals surface area (Å²) in [5.74, 6) is 0.311. The first-order valence-electron chi connectivity index (χ1n) is 4.84. The number of halogens is 3. The maximum Gasteiger partial charge on any atom is 0.389 e. The highest BCUT2D eigenvalue weighted by atomic mass is 19.4. The highest BCUT2D eigenvalue weighted by Crippen LogP contribution is 2.20. The zero-order valence-electron chi connectivity index (χ0n) is 8.40. The predicted molar refractivity (Wildman–Crippen MR) is 49.0 cm³/mol. The number of aliphatic hydroxyl groups excluding tert-OH is 1. The fourth-order valence-electron chi connectivity index (χ4n) is 1.08. The Morgan fingerprint density at radius 2 is 2.00 bits per heavy atom. The number of hydrogen-bond acceptors (Lipinski definition) is 2.